The van der Waals surface area contributed by atoms with Crippen molar-refractivity contribution in [3.05, 3.63) is 52.3 Å². The van der Waals surface area contributed by atoms with Crippen LogP contribution in [-0.2, 0) is 14.3 Å². The fourth-order valence-electron chi connectivity index (χ4n) is 3.85. The third kappa shape index (κ3) is 8.13. The lowest BCUT2D eigenvalue weighted by Crippen LogP contribution is -2.58. The van der Waals surface area contributed by atoms with Crippen LogP contribution < -0.4 is 20.1 Å². The van der Waals surface area contributed by atoms with Crippen molar-refractivity contribution in [3.63, 3.8) is 0 Å². The van der Waals surface area contributed by atoms with Crippen LogP contribution in [0.15, 0.2) is 36.4 Å². The summed E-state index contributed by atoms with van der Waals surface area (Å²) in [7, 11) is 1.45. The zero-order chi connectivity index (χ0) is 28.0. The summed E-state index contributed by atoms with van der Waals surface area (Å²) in [5.41, 5.74) is -0.396. The lowest BCUT2D eigenvalue weighted by molar-refractivity contribution is -0.125. The molecule has 2 aromatic rings. The highest BCUT2D eigenvalue weighted by molar-refractivity contribution is 6.31. The molecule has 0 bridgehead atoms. The second kappa shape index (κ2) is 12.5. The molecule has 2 aromatic carbocycles. The Morgan fingerprint density at radius 3 is 2.50 bits per heavy atom. The van der Waals surface area contributed by atoms with Gasteiger partial charge in [0.15, 0.2) is 6.61 Å². The van der Waals surface area contributed by atoms with Crippen molar-refractivity contribution in [2.45, 2.75) is 51.3 Å². The van der Waals surface area contributed by atoms with Gasteiger partial charge in [0.2, 0.25) is 5.91 Å². The van der Waals surface area contributed by atoms with E-state index in [4.69, 9.17) is 37.4 Å². The van der Waals surface area contributed by atoms with Gasteiger partial charge in [0.05, 0.1) is 17.8 Å². The molecule has 1 fully saturated rings. The quantitative estimate of drug-likeness (QED) is 0.483. The molecule has 3 amide bonds. The summed E-state index contributed by atoms with van der Waals surface area (Å²) in [5, 5.41) is 5.97. The van der Waals surface area contributed by atoms with E-state index in [1.165, 1.54) is 24.1 Å². The third-order valence-corrected chi connectivity index (χ3v) is 6.10. The van der Waals surface area contributed by atoms with Crippen molar-refractivity contribution >= 4 is 46.8 Å². The Hall–Kier alpha value is -3.24. The molecule has 0 unspecified atom stereocenters. The van der Waals surface area contributed by atoms with Gasteiger partial charge in [0.1, 0.15) is 29.0 Å². The van der Waals surface area contributed by atoms with Gasteiger partial charge in [-0.15, -0.1) is 0 Å². The fraction of sp³-hybridized carbons (Fsp3) is 0.423. The van der Waals surface area contributed by atoms with Crippen molar-refractivity contribution < 1.29 is 33.0 Å². The Kier molecular flexibility index (Phi) is 9.67. The van der Waals surface area contributed by atoms with E-state index >= 15 is 0 Å². The monoisotopic (exact) mass is 569 g/mol. The van der Waals surface area contributed by atoms with E-state index in [1.54, 1.807) is 39.0 Å². The number of benzene rings is 2. The van der Waals surface area contributed by atoms with Crippen LogP contribution in [0.3, 0.4) is 0 Å². The number of carbonyl (C=O) groups is 3. The van der Waals surface area contributed by atoms with E-state index in [1.807, 2.05) is 0 Å². The largest absolute Gasteiger partial charge is 0.495 e. The average Bonchev–Trinajstić information content (AvgIpc) is 2.84. The number of amides is 3. The van der Waals surface area contributed by atoms with E-state index in [9.17, 15) is 18.8 Å². The minimum atomic E-state index is -0.855. The molecule has 0 radical (unpaired) electrons. The van der Waals surface area contributed by atoms with Gasteiger partial charge in [0.25, 0.3) is 5.91 Å². The van der Waals surface area contributed by atoms with Gasteiger partial charge in [-0.05, 0) is 57.9 Å². The van der Waals surface area contributed by atoms with Crippen LogP contribution in [0.1, 0.15) is 33.6 Å². The number of nitrogens with zero attached hydrogens (tertiary/aromatic N) is 1. The number of nitrogens with one attached hydrogen (secondary N) is 2. The lowest BCUT2D eigenvalue weighted by atomic mass is 9.97. The predicted octanol–water partition coefficient (Wildman–Crippen LogP) is 5.04. The Morgan fingerprint density at radius 2 is 1.84 bits per heavy atom. The van der Waals surface area contributed by atoms with Crippen molar-refractivity contribution in [2.75, 3.05) is 25.6 Å². The Labute approximate surface area is 230 Å². The standard InChI is InChI=1S/C26H30Cl2FN3O6/c1-26(2,3)38-25(35)32-13-16(30-23(33)14-37-17-7-8-18(28)19(29)12-17)6-10-21(32)24(34)31-20-9-5-15(27)11-22(20)36-4/h5,7-9,11-12,16,21H,6,10,13-14H2,1-4H3,(H,30,33)(H,31,34)/t16-,21+/m0/s1. The molecule has 0 saturated carbocycles. The summed E-state index contributed by atoms with van der Waals surface area (Å²) < 4.78 is 29.8. The molecule has 1 saturated heterocycles. The molecule has 1 aliphatic rings. The van der Waals surface area contributed by atoms with Gasteiger partial charge in [-0.3, -0.25) is 14.5 Å². The summed E-state index contributed by atoms with van der Waals surface area (Å²) in [6, 6.07) is 7.32. The van der Waals surface area contributed by atoms with Crippen molar-refractivity contribution in [3.8, 4) is 11.5 Å². The van der Waals surface area contributed by atoms with Crippen LogP contribution in [-0.4, -0.2) is 60.8 Å². The SMILES string of the molecule is COc1cc(Cl)ccc1NC(=O)[C@H]1CC[C@H](NC(=O)COc2ccc(Cl)c(F)c2)CN1C(=O)OC(C)(C)C. The molecular weight excluding hydrogens is 540 g/mol. The average molecular weight is 570 g/mol. The van der Waals surface area contributed by atoms with Gasteiger partial charge in [0, 0.05) is 29.7 Å². The topological polar surface area (TPSA) is 106 Å². The first kappa shape index (κ1) is 29.3. The Morgan fingerprint density at radius 1 is 1.11 bits per heavy atom. The number of halogens is 3. The molecule has 2 atom stereocenters. The van der Waals surface area contributed by atoms with Gasteiger partial charge in [-0.25, -0.2) is 9.18 Å². The van der Waals surface area contributed by atoms with E-state index in [-0.39, 0.29) is 30.3 Å². The first-order chi connectivity index (χ1) is 17.9. The normalized spacial score (nSPS) is 17.4. The number of carbonyl (C=O) groups excluding carboxylic acids is 3. The first-order valence-corrected chi connectivity index (χ1v) is 12.6. The maximum atomic E-state index is 13.6. The Bertz CT molecular complexity index is 1190. The molecule has 1 heterocycles. The highest BCUT2D eigenvalue weighted by atomic mass is 35.5. The maximum Gasteiger partial charge on any atom is 0.411 e. The van der Waals surface area contributed by atoms with E-state index in [0.29, 0.717) is 22.9 Å². The number of ether oxygens (including phenoxy) is 3. The second-order valence-electron chi connectivity index (χ2n) is 9.69. The van der Waals surface area contributed by atoms with Gasteiger partial charge >= 0.3 is 6.09 Å². The molecule has 206 valence electrons. The van der Waals surface area contributed by atoms with Crippen LogP contribution in [0.25, 0.3) is 0 Å². The van der Waals surface area contributed by atoms with Crippen molar-refractivity contribution in [2.24, 2.45) is 0 Å². The molecule has 0 aliphatic carbocycles. The molecule has 38 heavy (non-hydrogen) atoms. The van der Waals surface area contributed by atoms with Crippen LogP contribution in [0.5, 0.6) is 11.5 Å². The molecule has 9 nitrogen and oxygen atoms in total. The first-order valence-electron chi connectivity index (χ1n) is 11.9. The van der Waals surface area contributed by atoms with Crippen molar-refractivity contribution in [1.82, 2.24) is 10.2 Å². The van der Waals surface area contributed by atoms with E-state index in [2.05, 4.69) is 10.6 Å². The smallest absolute Gasteiger partial charge is 0.411 e. The fourth-order valence-corrected chi connectivity index (χ4v) is 4.13. The second-order valence-corrected chi connectivity index (χ2v) is 10.5. The lowest BCUT2D eigenvalue weighted by Gasteiger charge is -2.39. The molecule has 12 heteroatoms. The summed E-state index contributed by atoms with van der Waals surface area (Å²) in [4.78, 5) is 40.1. The molecule has 2 N–H and O–H groups in total. The third-order valence-electron chi connectivity index (χ3n) is 5.56. The minimum Gasteiger partial charge on any atom is -0.495 e. The van der Waals surface area contributed by atoms with Crippen LogP contribution in [0, 0.1) is 5.82 Å². The summed E-state index contributed by atoms with van der Waals surface area (Å²) >= 11 is 11.7. The zero-order valence-corrected chi connectivity index (χ0v) is 23.0. The number of rotatable bonds is 7. The van der Waals surface area contributed by atoms with Gasteiger partial charge < -0.3 is 24.8 Å². The van der Waals surface area contributed by atoms with Crippen LogP contribution in [0.4, 0.5) is 14.9 Å². The van der Waals surface area contributed by atoms with Crippen LogP contribution in [0.2, 0.25) is 10.0 Å². The minimum absolute atomic E-state index is 0.0338. The summed E-state index contributed by atoms with van der Waals surface area (Å²) in [5.74, 6) is -1.05. The van der Waals surface area contributed by atoms with E-state index < -0.39 is 41.4 Å². The molecule has 0 aromatic heterocycles. The van der Waals surface area contributed by atoms with Crippen molar-refractivity contribution in [1.29, 1.82) is 0 Å². The number of piperidine rings is 1. The number of anilines is 1. The predicted molar refractivity (Wildman–Crippen MR) is 141 cm³/mol. The maximum absolute atomic E-state index is 13.6. The number of hydrogen-bond donors (Lipinski definition) is 2. The van der Waals surface area contributed by atoms with Gasteiger partial charge in [-0.1, -0.05) is 23.2 Å². The summed E-state index contributed by atoms with van der Waals surface area (Å²) in [6.45, 7) is 4.83. The number of methoxy groups -OCH3 is 1. The number of likely N-dealkylation sites (tertiary alicyclic amines) is 1. The highest BCUT2D eigenvalue weighted by Gasteiger charge is 2.39. The van der Waals surface area contributed by atoms with E-state index in [0.717, 1.165) is 6.07 Å². The van der Waals surface area contributed by atoms with Gasteiger partial charge in [-0.2, -0.15) is 0 Å². The summed E-state index contributed by atoms with van der Waals surface area (Å²) in [6.07, 6.45) is -0.0152. The Balaban J connectivity index is 1.68. The zero-order valence-electron chi connectivity index (χ0n) is 21.5. The highest BCUT2D eigenvalue weighted by Crippen LogP contribution is 2.29. The van der Waals surface area contributed by atoms with Crippen LogP contribution >= 0.6 is 23.2 Å². The number of hydrogen-bond acceptors (Lipinski definition) is 6. The molecule has 3 rings (SSSR count). The molecule has 0 spiro atoms. The molecule has 1 aliphatic heterocycles. The molecular formula is C26H30Cl2FN3O6.